The molecule has 0 aromatic heterocycles. The average molecular weight is 212 g/mol. The molecule has 86 valence electrons. The first-order valence-corrected chi connectivity index (χ1v) is 4.73. The van der Waals surface area contributed by atoms with E-state index >= 15 is 0 Å². The van der Waals surface area contributed by atoms with Gasteiger partial charge in [0.05, 0.1) is 6.42 Å². The van der Waals surface area contributed by atoms with Gasteiger partial charge in [-0.15, -0.1) is 0 Å². The van der Waals surface area contributed by atoms with Crippen LogP contribution in [0.4, 0.5) is 13.2 Å². The highest BCUT2D eigenvalue weighted by atomic mass is 19.4. The normalized spacial score (nSPS) is 15.2. The molecule has 0 heterocycles. The third kappa shape index (κ3) is 7.15. The lowest BCUT2D eigenvalue weighted by molar-refractivity contribution is -0.137. The van der Waals surface area contributed by atoms with Gasteiger partial charge in [0.1, 0.15) is 0 Å². The van der Waals surface area contributed by atoms with Gasteiger partial charge in [0.25, 0.3) is 0 Å². The maximum Gasteiger partial charge on any atom is 0.390 e. The summed E-state index contributed by atoms with van der Waals surface area (Å²) < 4.78 is 35.6. The van der Waals surface area contributed by atoms with Crippen molar-refractivity contribution in [3.8, 4) is 0 Å². The van der Waals surface area contributed by atoms with Crippen molar-refractivity contribution in [3.63, 3.8) is 0 Å². The van der Waals surface area contributed by atoms with E-state index in [4.69, 9.17) is 5.73 Å². The van der Waals surface area contributed by atoms with Crippen LogP contribution >= 0.6 is 0 Å². The van der Waals surface area contributed by atoms with Crippen LogP contribution in [0.5, 0.6) is 0 Å². The Bertz CT molecular complexity index is 157. The van der Waals surface area contributed by atoms with E-state index < -0.39 is 12.6 Å². The Hall–Kier alpha value is -0.290. The third-order valence-corrected chi connectivity index (χ3v) is 2.16. The Labute approximate surface area is 83.3 Å². The van der Waals surface area contributed by atoms with Gasteiger partial charge >= 0.3 is 6.18 Å². The second-order valence-corrected chi connectivity index (χ2v) is 4.04. The van der Waals surface area contributed by atoms with E-state index in [1.54, 1.807) is 11.9 Å². The van der Waals surface area contributed by atoms with Gasteiger partial charge in [-0.1, -0.05) is 13.8 Å². The van der Waals surface area contributed by atoms with Crippen molar-refractivity contribution >= 4 is 0 Å². The topological polar surface area (TPSA) is 29.3 Å². The number of alkyl halides is 3. The van der Waals surface area contributed by atoms with Crippen molar-refractivity contribution in [3.05, 3.63) is 0 Å². The van der Waals surface area contributed by atoms with E-state index in [9.17, 15) is 13.2 Å². The molecule has 0 saturated carbocycles. The second kappa shape index (κ2) is 5.56. The predicted molar refractivity (Wildman–Crippen MR) is 51.0 cm³/mol. The number of likely N-dealkylation sites (N-methyl/N-ethyl adjacent to an activating group) is 1. The van der Waals surface area contributed by atoms with Crippen LogP contribution in [0.15, 0.2) is 0 Å². The molecule has 0 radical (unpaired) electrons. The quantitative estimate of drug-likeness (QED) is 0.753. The highest BCUT2D eigenvalue weighted by Gasteiger charge is 2.27. The number of rotatable bonds is 5. The largest absolute Gasteiger partial charge is 0.390 e. The molecule has 2 nitrogen and oxygen atoms in total. The van der Waals surface area contributed by atoms with Crippen LogP contribution in [-0.4, -0.2) is 37.3 Å². The van der Waals surface area contributed by atoms with Crippen LogP contribution in [0, 0.1) is 5.92 Å². The SMILES string of the molecule is CC(C)C(N)CN(C)CCC(F)(F)F. The van der Waals surface area contributed by atoms with E-state index in [2.05, 4.69) is 0 Å². The molecule has 14 heavy (non-hydrogen) atoms. The standard InChI is InChI=1S/C9H19F3N2/c1-7(2)8(13)6-14(3)5-4-9(10,11)12/h7-8H,4-6,13H2,1-3H3. The highest BCUT2D eigenvalue weighted by Crippen LogP contribution is 2.19. The van der Waals surface area contributed by atoms with Crippen LogP contribution in [0.25, 0.3) is 0 Å². The molecule has 0 saturated heterocycles. The summed E-state index contributed by atoms with van der Waals surface area (Å²) in [7, 11) is 1.66. The minimum atomic E-state index is -4.07. The molecule has 0 rings (SSSR count). The molecule has 0 aliphatic carbocycles. The second-order valence-electron chi connectivity index (χ2n) is 4.04. The lowest BCUT2D eigenvalue weighted by Gasteiger charge is -2.23. The summed E-state index contributed by atoms with van der Waals surface area (Å²) in [6.45, 7) is 4.45. The Morgan fingerprint density at radius 2 is 1.79 bits per heavy atom. The van der Waals surface area contributed by atoms with Crippen LogP contribution in [0.3, 0.4) is 0 Å². The lowest BCUT2D eigenvalue weighted by Crippen LogP contribution is -2.40. The van der Waals surface area contributed by atoms with Crippen LogP contribution in [-0.2, 0) is 0 Å². The summed E-state index contributed by atoms with van der Waals surface area (Å²) in [6, 6.07) is -0.0618. The Morgan fingerprint density at radius 3 is 2.14 bits per heavy atom. The van der Waals surface area contributed by atoms with Gasteiger partial charge in [0.2, 0.25) is 0 Å². The third-order valence-electron chi connectivity index (χ3n) is 2.16. The van der Waals surface area contributed by atoms with Crippen molar-refractivity contribution in [1.29, 1.82) is 0 Å². The molecule has 0 aromatic rings. The molecule has 0 aliphatic rings. The molecule has 0 aliphatic heterocycles. The molecule has 0 spiro atoms. The Balaban J connectivity index is 3.71. The summed E-state index contributed by atoms with van der Waals surface area (Å²) >= 11 is 0. The van der Waals surface area contributed by atoms with Gasteiger partial charge < -0.3 is 10.6 Å². The Morgan fingerprint density at radius 1 is 1.29 bits per heavy atom. The van der Waals surface area contributed by atoms with E-state index in [0.29, 0.717) is 12.5 Å². The van der Waals surface area contributed by atoms with Gasteiger partial charge in [-0.05, 0) is 13.0 Å². The summed E-state index contributed by atoms with van der Waals surface area (Å²) in [4.78, 5) is 1.62. The van der Waals surface area contributed by atoms with E-state index in [0.717, 1.165) is 0 Å². The van der Waals surface area contributed by atoms with Gasteiger partial charge in [-0.25, -0.2) is 0 Å². The van der Waals surface area contributed by atoms with Crippen molar-refractivity contribution in [2.24, 2.45) is 11.7 Å². The van der Waals surface area contributed by atoms with Crippen LogP contribution < -0.4 is 5.73 Å². The number of nitrogens with two attached hydrogens (primary N) is 1. The molecular weight excluding hydrogens is 193 g/mol. The molecule has 1 unspecified atom stereocenters. The molecule has 5 heteroatoms. The van der Waals surface area contributed by atoms with E-state index in [1.165, 1.54) is 0 Å². The first kappa shape index (κ1) is 13.7. The van der Waals surface area contributed by atoms with Crippen LogP contribution in [0.1, 0.15) is 20.3 Å². The first-order valence-electron chi connectivity index (χ1n) is 4.73. The number of hydrogen-bond donors (Lipinski definition) is 1. The maximum atomic E-state index is 11.9. The first-order chi connectivity index (χ1) is 6.22. The summed E-state index contributed by atoms with van der Waals surface area (Å²) in [5, 5.41) is 0. The molecule has 0 fully saturated rings. The fraction of sp³-hybridized carbons (Fsp3) is 1.00. The summed E-state index contributed by atoms with van der Waals surface area (Å²) in [5.74, 6) is 0.295. The fourth-order valence-corrected chi connectivity index (χ4v) is 0.980. The van der Waals surface area contributed by atoms with Crippen molar-refractivity contribution in [2.45, 2.75) is 32.5 Å². The maximum absolute atomic E-state index is 11.9. The number of halogens is 3. The van der Waals surface area contributed by atoms with Gasteiger partial charge in [-0.2, -0.15) is 13.2 Å². The molecule has 0 bridgehead atoms. The molecule has 0 amide bonds. The minimum Gasteiger partial charge on any atom is -0.326 e. The summed E-state index contributed by atoms with van der Waals surface area (Å²) in [6.07, 6.45) is -4.84. The van der Waals surface area contributed by atoms with Gasteiger partial charge in [0, 0.05) is 19.1 Å². The zero-order valence-corrected chi connectivity index (χ0v) is 8.93. The van der Waals surface area contributed by atoms with Crippen molar-refractivity contribution in [2.75, 3.05) is 20.1 Å². The molecule has 0 aromatic carbocycles. The minimum absolute atomic E-state index is 0.0178. The average Bonchev–Trinajstić information content (AvgIpc) is 1.99. The fourth-order valence-electron chi connectivity index (χ4n) is 0.980. The van der Waals surface area contributed by atoms with Gasteiger partial charge in [0.15, 0.2) is 0 Å². The smallest absolute Gasteiger partial charge is 0.326 e. The van der Waals surface area contributed by atoms with Gasteiger partial charge in [-0.3, -0.25) is 0 Å². The molecular formula is C9H19F3N2. The zero-order chi connectivity index (χ0) is 11.4. The summed E-state index contributed by atoms with van der Waals surface area (Å²) in [5.41, 5.74) is 5.73. The van der Waals surface area contributed by atoms with Crippen molar-refractivity contribution < 1.29 is 13.2 Å². The van der Waals surface area contributed by atoms with Crippen molar-refractivity contribution in [1.82, 2.24) is 4.90 Å². The monoisotopic (exact) mass is 212 g/mol. The highest BCUT2D eigenvalue weighted by molar-refractivity contribution is 4.69. The Kier molecular flexibility index (Phi) is 5.44. The zero-order valence-electron chi connectivity index (χ0n) is 8.93. The molecule has 1 atom stereocenters. The van der Waals surface area contributed by atoms with E-state index in [-0.39, 0.29) is 12.6 Å². The van der Waals surface area contributed by atoms with Crippen LogP contribution in [0.2, 0.25) is 0 Å². The predicted octanol–water partition coefficient (Wildman–Crippen LogP) is 1.85. The molecule has 2 N–H and O–H groups in total. The number of nitrogens with zero attached hydrogens (tertiary/aromatic N) is 1. The van der Waals surface area contributed by atoms with E-state index in [1.807, 2.05) is 13.8 Å². The lowest BCUT2D eigenvalue weighted by atomic mass is 10.1. The number of hydrogen-bond acceptors (Lipinski definition) is 2.